The van der Waals surface area contributed by atoms with Crippen LogP contribution in [0.1, 0.15) is 22.9 Å². The van der Waals surface area contributed by atoms with E-state index in [9.17, 15) is 8.42 Å². The summed E-state index contributed by atoms with van der Waals surface area (Å²) in [4.78, 5) is 10.9. The Bertz CT molecular complexity index is 1090. The van der Waals surface area contributed by atoms with Gasteiger partial charge in [-0.2, -0.15) is 5.10 Å². The van der Waals surface area contributed by atoms with Crippen LogP contribution in [0.3, 0.4) is 0 Å². The van der Waals surface area contributed by atoms with Crippen molar-refractivity contribution in [3.63, 3.8) is 0 Å². The lowest BCUT2D eigenvalue weighted by atomic mass is 10.1. The number of nitrogens with one attached hydrogen (secondary N) is 2. The van der Waals surface area contributed by atoms with Crippen LogP contribution in [0.25, 0.3) is 10.2 Å². The number of aryl methyl sites for hydroxylation is 2. The number of nitrogens with zero attached hydrogens (tertiary/aromatic N) is 3. The third-order valence-electron chi connectivity index (χ3n) is 4.15. The summed E-state index contributed by atoms with van der Waals surface area (Å²) < 4.78 is 25.9. The van der Waals surface area contributed by atoms with E-state index in [1.807, 2.05) is 13.8 Å². The minimum atomic E-state index is -3.44. The molecule has 0 radical (unpaired) electrons. The first kappa shape index (κ1) is 18.4. The monoisotopic (exact) mass is 389 g/mol. The van der Waals surface area contributed by atoms with Gasteiger partial charge in [-0.05, 0) is 51.1 Å². The number of hydrogen-bond acceptors (Lipinski definition) is 7. The van der Waals surface area contributed by atoms with Crippen LogP contribution in [-0.4, -0.2) is 31.1 Å². The van der Waals surface area contributed by atoms with Gasteiger partial charge in [-0.15, -0.1) is 11.3 Å². The molecule has 0 saturated carbocycles. The number of hydrogen-bond donors (Lipinski definition) is 2. The summed E-state index contributed by atoms with van der Waals surface area (Å²) >= 11 is 1.63. The SMILES string of the molecule is CNS(=O)(=O)c1ccc(/C(C)=N\Nc2ncnc3sc(C)c(C)c23)cc1. The minimum absolute atomic E-state index is 0.214. The maximum atomic E-state index is 11.8. The van der Waals surface area contributed by atoms with Gasteiger partial charge in [0.1, 0.15) is 11.2 Å². The molecule has 3 rings (SSSR count). The van der Waals surface area contributed by atoms with Crippen LogP contribution in [0.5, 0.6) is 0 Å². The molecule has 2 heterocycles. The standard InChI is InChI=1S/C17H19N5O2S2/c1-10-12(3)25-17-15(10)16(19-9-20-17)22-21-11(2)13-5-7-14(8-6-13)26(23,24)18-4/h5-9,18H,1-4H3,(H,19,20,22)/b21-11-. The van der Waals surface area contributed by atoms with Crippen LogP contribution in [-0.2, 0) is 10.0 Å². The van der Waals surface area contributed by atoms with E-state index < -0.39 is 10.0 Å². The van der Waals surface area contributed by atoms with E-state index in [0.29, 0.717) is 5.82 Å². The Morgan fingerprint density at radius 2 is 1.85 bits per heavy atom. The molecule has 2 N–H and O–H groups in total. The second-order valence-electron chi connectivity index (χ2n) is 5.73. The molecule has 0 aliphatic heterocycles. The fraction of sp³-hybridized carbons (Fsp3) is 0.235. The van der Waals surface area contributed by atoms with Crippen LogP contribution in [0.4, 0.5) is 5.82 Å². The first-order valence-corrected chi connectivity index (χ1v) is 10.2. The summed E-state index contributed by atoms with van der Waals surface area (Å²) in [5, 5.41) is 5.37. The third-order valence-corrected chi connectivity index (χ3v) is 6.69. The molecule has 7 nitrogen and oxygen atoms in total. The molecular formula is C17H19N5O2S2. The molecule has 0 amide bonds. The van der Waals surface area contributed by atoms with E-state index >= 15 is 0 Å². The van der Waals surface area contributed by atoms with Crippen LogP contribution >= 0.6 is 11.3 Å². The van der Waals surface area contributed by atoms with Crippen molar-refractivity contribution in [1.29, 1.82) is 0 Å². The molecule has 0 aliphatic carbocycles. The Morgan fingerprint density at radius 1 is 1.15 bits per heavy atom. The Labute approximate surface area is 156 Å². The number of benzene rings is 1. The molecule has 26 heavy (non-hydrogen) atoms. The normalized spacial score (nSPS) is 12.5. The predicted octanol–water partition coefficient (Wildman–Crippen LogP) is 3.05. The number of sulfonamides is 1. The van der Waals surface area contributed by atoms with Gasteiger partial charge in [0, 0.05) is 4.88 Å². The number of rotatable bonds is 5. The van der Waals surface area contributed by atoms with Gasteiger partial charge in [-0.1, -0.05) is 12.1 Å². The molecule has 0 fully saturated rings. The zero-order valence-corrected chi connectivity index (χ0v) is 16.5. The van der Waals surface area contributed by atoms with E-state index in [-0.39, 0.29) is 4.90 Å². The van der Waals surface area contributed by atoms with Gasteiger partial charge in [0.15, 0.2) is 5.82 Å². The molecule has 9 heteroatoms. The highest BCUT2D eigenvalue weighted by atomic mass is 32.2. The average Bonchev–Trinajstić information content (AvgIpc) is 2.94. The molecule has 2 aromatic heterocycles. The van der Waals surface area contributed by atoms with Crippen molar-refractivity contribution in [2.24, 2.45) is 5.10 Å². The molecule has 0 aliphatic rings. The lowest BCUT2D eigenvalue weighted by molar-refractivity contribution is 0.588. The van der Waals surface area contributed by atoms with Crippen molar-refractivity contribution in [2.75, 3.05) is 12.5 Å². The van der Waals surface area contributed by atoms with Gasteiger partial charge >= 0.3 is 0 Å². The maximum Gasteiger partial charge on any atom is 0.240 e. The fourth-order valence-corrected chi connectivity index (χ4v) is 4.19. The predicted molar refractivity (Wildman–Crippen MR) is 105 cm³/mol. The van der Waals surface area contributed by atoms with Crippen molar-refractivity contribution in [3.8, 4) is 0 Å². The zero-order valence-electron chi connectivity index (χ0n) is 14.9. The fourth-order valence-electron chi connectivity index (χ4n) is 2.46. The van der Waals surface area contributed by atoms with Crippen molar-refractivity contribution >= 4 is 43.1 Å². The lowest BCUT2D eigenvalue weighted by Gasteiger charge is -2.06. The van der Waals surface area contributed by atoms with Gasteiger partial charge in [0.2, 0.25) is 10.0 Å². The Balaban J connectivity index is 1.88. The number of thiophene rings is 1. The summed E-state index contributed by atoms with van der Waals surface area (Å²) in [6.45, 7) is 5.94. The number of aromatic nitrogens is 2. The molecule has 0 bridgehead atoms. The topological polar surface area (TPSA) is 96.3 Å². The highest BCUT2D eigenvalue weighted by Gasteiger charge is 2.13. The number of fused-ring (bicyclic) bond motifs is 1. The van der Waals surface area contributed by atoms with Crippen LogP contribution in [0.2, 0.25) is 0 Å². The molecule has 0 saturated heterocycles. The Morgan fingerprint density at radius 3 is 2.50 bits per heavy atom. The smallest absolute Gasteiger partial charge is 0.240 e. The number of anilines is 1. The highest BCUT2D eigenvalue weighted by molar-refractivity contribution is 7.89. The average molecular weight is 390 g/mol. The Hall–Kier alpha value is -2.36. The first-order valence-electron chi connectivity index (χ1n) is 7.88. The van der Waals surface area contributed by atoms with Crippen LogP contribution < -0.4 is 10.1 Å². The van der Waals surface area contributed by atoms with Crippen molar-refractivity contribution in [1.82, 2.24) is 14.7 Å². The molecule has 136 valence electrons. The minimum Gasteiger partial charge on any atom is -0.260 e. The molecule has 0 spiro atoms. The first-order chi connectivity index (χ1) is 12.3. The van der Waals surface area contributed by atoms with E-state index in [4.69, 9.17) is 0 Å². The van der Waals surface area contributed by atoms with Gasteiger partial charge < -0.3 is 0 Å². The van der Waals surface area contributed by atoms with Gasteiger partial charge in [0.25, 0.3) is 0 Å². The maximum absolute atomic E-state index is 11.8. The van der Waals surface area contributed by atoms with Crippen molar-refractivity contribution in [3.05, 3.63) is 46.6 Å². The summed E-state index contributed by atoms with van der Waals surface area (Å²) in [6.07, 6.45) is 1.52. The molecule has 3 aromatic rings. The second kappa shape index (κ2) is 7.10. The van der Waals surface area contributed by atoms with E-state index in [1.54, 1.807) is 35.6 Å². The second-order valence-corrected chi connectivity index (χ2v) is 8.82. The molecule has 0 unspecified atom stereocenters. The van der Waals surface area contributed by atoms with Crippen LogP contribution in [0, 0.1) is 13.8 Å². The largest absolute Gasteiger partial charge is 0.260 e. The van der Waals surface area contributed by atoms with E-state index in [1.165, 1.54) is 18.3 Å². The van der Waals surface area contributed by atoms with E-state index in [0.717, 1.165) is 27.1 Å². The third kappa shape index (κ3) is 3.46. The zero-order chi connectivity index (χ0) is 18.9. The molecule has 1 aromatic carbocycles. The van der Waals surface area contributed by atoms with Crippen LogP contribution in [0.15, 0.2) is 40.6 Å². The van der Waals surface area contributed by atoms with Gasteiger partial charge in [-0.25, -0.2) is 23.1 Å². The summed E-state index contributed by atoms with van der Waals surface area (Å²) in [5.41, 5.74) is 5.68. The lowest BCUT2D eigenvalue weighted by Crippen LogP contribution is -2.18. The molecule has 0 atom stereocenters. The summed E-state index contributed by atoms with van der Waals surface area (Å²) in [7, 11) is -2.06. The highest BCUT2D eigenvalue weighted by Crippen LogP contribution is 2.32. The Kier molecular flexibility index (Phi) is 5.03. The quantitative estimate of drug-likeness (QED) is 0.516. The van der Waals surface area contributed by atoms with Gasteiger partial charge in [-0.3, -0.25) is 5.43 Å². The van der Waals surface area contributed by atoms with Crippen molar-refractivity contribution < 1.29 is 8.42 Å². The van der Waals surface area contributed by atoms with Crippen molar-refractivity contribution in [2.45, 2.75) is 25.7 Å². The van der Waals surface area contributed by atoms with E-state index in [2.05, 4.69) is 32.1 Å². The molecular weight excluding hydrogens is 370 g/mol. The summed E-state index contributed by atoms with van der Waals surface area (Å²) in [6, 6.07) is 6.55. The summed E-state index contributed by atoms with van der Waals surface area (Å²) in [5.74, 6) is 0.658. The number of hydrazone groups is 1. The van der Waals surface area contributed by atoms with Gasteiger partial charge in [0.05, 0.1) is 16.0 Å².